The van der Waals surface area contributed by atoms with E-state index in [2.05, 4.69) is 72.8 Å². The third-order valence-corrected chi connectivity index (χ3v) is 6.15. The smallest absolute Gasteiger partial charge is 0.136 e. The van der Waals surface area contributed by atoms with E-state index < -0.39 is 0 Å². The third-order valence-electron chi connectivity index (χ3n) is 5.76. The van der Waals surface area contributed by atoms with Gasteiger partial charge in [0.1, 0.15) is 11.2 Å². The lowest BCUT2D eigenvalue weighted by Crippen LogP contribution is -1.85. The minimum atomic E-state index is 0.733. The highest BCUT2D eigenvalue weighted by Gasteiger charge is 2.16. The first-order chi connectivity index (χ1) is 14.8. The number of halogens is 1. The Morgan fingerprint density at radius 3 is 2.27 bits per heavy atom. The first-order valence-corrected chi connectivity index (χ1v) is 10.4. The van der Waals surface area contributed by atoms with Gasteiger partial charge in [0.2, 0.25) is 0 Å². The molecule has 142 valence electrons. The molecular weight excluding hydrogens is 388 g/mol. The zero-order valence-corrected chi connectivity index (χ0v) is 16.9. The predicted molar refractivity (Wildman–Crippen MR) is 127 cm³/mol. The van der Waals surface area contributed by atoms with E-state index in [0.29, 0.717) is 0 Å². The molecule has 0 aliphatic heterocycles. The molecular formula is C28H17ClO. The number of fused-ring (bicyclic) bond motifs is 4. The highest BCUT2D eigenvalue weighted by molar-refractivity contribution is 6.40. The molecule has 5 aromatic carbocycles. The molecule has 0 amide bonds. The summed E-state index contributed by atoms with van der Waals surface area (Å²) in [6.07, 6.45) is 0. The van der Waals surface area contributed by atoms with Gasteiger partial charge < -0.3 is 4.42 Å². The summed E-state index contributed by atoms with van der Waals surface area (Å²) in [5.74, 6) is 0. The van der Waals surface area contributed by atoms with Gasteiger partial charge in [0, 0.05) is 16.3 Å². The number of hydrogen-bond acceptors (Lipinski definition) is 1. The molecule has 0 aliphatic carbocycles. The van der Waals surface area contributed by atoms with Crippen LogP contribution in [0.15, 0.2) is 108 Å². The second kappa shape index (κ2) is 6.76. The lowest BCUT2D eigenvalue weighted by atomic mass is 9.94. The molecule has 0 radical (unpaired) electrons. The summed E-state index contributed by atoms with van der Waals surface area (Å²) in [7, 11) is 0. The zero-order valence-electron chi connectivity index (χ0n) is 16.1. The number of benzene rings is 5. The standard InChI is InChI=1S/C28H17ClO/c29-28-23(15-16-26-27(28)24-10-4-5-12-25(24)30-26)22-11-6-9-20-17-19(13-14-21(20)22)18-7-2-1-3-8-18/h1-17H. The predicted octanol–water partition coefficient (Wildman–Crippen LogP) is 8.73. The van der Waals surface area contributed by atoms with E-state index in [0.717, 1.165) is 38.1 Å². The highest BCUT2D eigenvalue weighted by atomic mass is 35.5. The fourth-order valence-corrected chi connectivity index (χ4v) is 4.67. The number of furan rings is 1. The van der Waals surface area contributed by atoms with Gasteiger partial charge in [-0.05, 0) is 51.7 Å². The van der Waals surface area contributed by atoms with Crippen molar-refractivity contribution < 1.29 is 4.42 Å². The summed E-state index contributed by atoms with van der Waals surface area (Å²) in [5, 5.41) is 5.14. The molecule has 1 heterocycles. The summed E-state index contributed by atoms with van der Waals surface area (Å²) < 4.78 is 5.99. The van der Waals surface area contributed by atoms with Crippen LogP contribution in [-0.4, -0.2) is 0 Å². The van der Waals surface area contributed by atoms with Gasteiger partial charge in [-0.15, -0.1) is 0 Å². The fourth-order valence-electron chi connectivity index (χ4n) is 4.31. The number of para-hydroxylation sites is 1. The van der Waals surface area contributed by atoms with Crippen molar-refractivity contribution in [1.29, 1.82) is 0 Å². The first-order valence-electron chi connectivity index (χ1n) is 9.98. The maximum atomic E-state index is 6.96. The molecule has 0 N–H and O–H groups in total. The number of rotatable bonds is 2. The SMILES string of the molecule is Clc1c(-c2cccc3cc(-c4ccccc4)ccc23)ccc2oc3ccccc3c12. The minimum absolute atomic E-state index is 0.733. The van der Waals surface area contributed by atoms with Crippen LogP contribution in [0.4, 0.5) is 0 Å². The molecule has 0 unspecified atom stereocenters. The molecule has 2 heteroatoms. The van der Waals surface area contributed by atoms with Crippen molar-refractivity contribution in [2.75, 3.05) is 0 Å². The Labute approximate surface area is 179 Å². The highest BCUT2D eigenvalue weighted by Crippen LogP contribution is 2.42. The van der Waals surface area contributed by atoms with Crippen molar-refractivity contribution in [3.05, 3.63) is 108 Å². The lowest BCUT2D eigenvalue weighted by molar-refractivity contribution is 0.669. The van der Waals surface area contributed by atoms with Crippen LogP contribution in [0.2, 0.25) is 5.02 Å². The van der Waals surface area contributed by atoms with Crippen molar-refractivity contribution in [2.45, 2.75) is 0 Å². The third kappa shape index (κ3) is 2.63. The maximum Gasteiger partial charge on any atom is 0.136 e. The van der Waals surface area contributed by atoms with E-state index in [1.165, 1.54) is 21.9 Å². The van der Waals surface area contributed by atoms with Gasteiger partial charge in [-0.2, -0.15) is 0 Å². The van der Waals surface area contributed by atoms with Gasteiger partial charge in [-0.25, -0.2) is 0 Å². The molecule has 0 spiro atoms. The van der Waals surface area contributed by atoms with Crippen molar-refractivity contribution in [3.63, 3.8) is 0 Å². The van der Waals surface area contributed by atoms with Crippen LogP contribution in [0.1, 0.15) is 0 Å². The van der Waals surface area contributed by atoms with Gasteiger partial charge >= 0.3 is 0 Å². The topological polar surface area (TPSA) is 13.1 Å². The molecule has 0 aliphatic rings. The van der Waals surface area contributed by atoms with E-state index in [4.69, 9.17) is 16.0 Å². The van der Waals surface area contributed by atoms with Crippen LogP contribution >= 0.6 is 11.6 Å². The Morgan fingerprint density at radius 2 is 1.37 bits per heavy atom. The summed E-state index contributed by atoms with van der Waals surface area (Å²) in [6, 6.07) is 35.6. The fraction of sp³-hybridized carbons (Fsp3) is 0. The largest absolute Gasteiger partial charge is 0.456 e. The van der Waals surface area contributed by atoms with Crippen molar-refractivity contribution in [3.8, 4) is 22.3 Å². The molecule has 0 fully saturated rings. The Kier molecular flexibility index (Phi) is 3.90. The molecule has 0 atom stereocenters. The Morgan fingerprint density at radius 1 is 0.533 bits per heavy atom. The van der Waals surface area contributed by atoms with Crippen molar-refractivity contribution in [1.82, 2.24) is 0 Å². The van der Waals surface area contributed by atoms with E-state index in [1.807, 2.05) is 30.3 Å². The van der Waals surface area contributed by atoms with Crippen LogP contribution in [-0.2, 0) is 0 Å². The van der Waals surface area contributed by atoms with E-state index >= 15 is 0 Å². The maximum absolute atomic E-state index is 6.96. The molecule has 1 aromatic heterocycles. The van der Waals surface area contributed by atoms with E-state index in [-0.39, 0.29) is 0 Å². The lowest BCUT2D eigenvalue weighted by Gasteiger charge is -2.11. The van der Waals surface area contributed by atoms with Crippen LogP contribution in [0.25, 0.3) is 55.0 Å². The van der Waals surface area contributed by atoms with Crippen LogP contribution in [0.3, 0.4) is 0 Å². The molecule has 1 nitrogen and oxygen atoms in total. The molecule has 6 rings (SSSR count). The molecule has 30 heavy (non-hydrogen) atoms. The van der Waals surface area contributed by atoms with Crippen LogP contribution in [0, 0.1) is 0 Å². The molecule has 6 aromatic rings. The number of hydrogen-bond donors (Lipinski definition) is 0. The first kappa shape index (κ1) is 17.3. The summed E-state index contributed by atoms with van der Waals surface area (Å²) >= 11 is 6.96. The Balaban J connectivity index is 1.58. The van der Waals surface area contributed by atoms with Crippen LogP contribution < -0.4 is 0 Å². The van der Waals surface area contributed by atoms with Gasteiger partial charge in [-0.3, -0.25) is 0 Å². The average Bonchev–Trinajstić information content (AvgIpc) is 3.19. The second-order valence-electron chi connectivity index (χ2n) is 7.51. The van der Waals surface area contributed by atoms with E-state index in [9.17, 15) is 0 Å². The van der Waals surface area contributed by atoms with E-state index in [1.54, 1.807) is 0 Å². The van der Waals surface area contributed by atoms with Gasteiger partial charge in [0.05, 0.1) is 5.02 Å². The second-order valence-corrected chi connectivity index (χ2v) is 7.88. The quantitative estimate of drug-likeness (QED) is 0.281. The zero-order chi connectivity index (χ0) is 20.1. The van der Waals surface area contributed by atoms with Gasteiger partial charge in [-0.1, -0.05) is 90.5 Å². The van der Waals surface area contributed by atoms with Crippen molar-refractivity contribution >= 4 is 44.3 Å². The normalized spacial score (nSPS) is 11.5. The summed E-state index contributed by atoms with van der Waals surface area (Å²) in [5.41, 5.74) is 6.25. The Hall–Kier alpha value is -3.55. The Bertz CT molecular complexity index is 1540. The monoisotopic (exact) mass is 404 g/mol. The van der Waals surface area contributed by atoms with Crippen molar-refractivity contribution in [2.24, 2.45) is 0 Å². The average molecular weight is 405 g/mol. The minimum Gasteiger partial charge on any atom is -0.456 e. The summed E-state index contributed by atoms with van der Waals surface area (Å²) in [4.78, 5) is 0. The summed E-state index contributed by atoms with van der Waals surface area (Å²) in [6.45, 7) is 0. The van der Waals surface area contributed by atoms with Gasteiger partial charge in [0.15, 0.2) is 0 Å². The molecule has 0 saturated carbocycles. The molecule has 0 bridgehead atoms. The van der Waals surface area contributed by atoms with Crippen LogP contribution in [0.5, 0.6) is 0 Å². The van der Waals surface area contributed by atoms with Gasteiger partial charge in [0.25, 0.3) is 0 Å². The molecule has 0 saturated heterocycles.